The zero-order valence-electron chi connectivity index (χ0n) is 25.2. The van der Waals surface area contributed by atoms with E-state index in [9.17, 15) is 4.79 Å². The predicted molar refractivity (Wildman–Crippen MR) is 157 cm³/mol. The van der Waals surface area contributed by atoms with Crippen molar-refractivity contribution in [3.8, 4) is 34.4 Å². The van der Waals surface area contributed by atoms with Gasteiger partial charge in [-0.25, -0.2) is 9.13 Å². The maximum Gasteiger partial charge on any atom is 0.310 e. The average Bonchev–Trinajstić information content (AvgIpc) is 3.74. The maximum atomic E-state index is 13.6. The van der Waals surface area contributed by atoms with E-state index < -0.39 is 5.92 Å². The van der Waals surface area contributed by atoms with Gasteiger partial charge in [-0.05, 0) is 67.3 Å². The van der Waals surface area contributed by atoms with E-state index in [1.165, 1.54) is 16.7 Å². The van der Waals surface area contributed by atoms with Gasteiger partial charge in [-0.2, -0.15) is 0 Å². The molecule has 1 saturated heterocycles. The van der Waals surface area contributed by atoms with Crippen molar-refractivity contribution in [1.82, 2.24) is 4.57 Å². The molecule has 0 unspecified atom stereocenters. The topological polar surface area (TPSA) is 81.3 Å². The van der Waals surface area contributed by atoms with Crippen LogP contribution in [0.15, 0.2) is 55.1 Å². The SMILES string of the molecule is COc1cc([C@@H]2c3cc4c(cc3[C@@H]([n+]3ccn(-c5c(C)cc(C)cc5C)c3)[C@H]3COC(=O)[C@H]23)OCO4)cc(OC)c1OC. The maximum absolute atomic E-state index is 13.6. The van der Waals surface area contributed by atoms with Crippen molar-refractivity contribution in [2.75, 3.05) is 34.7 Å². The van der Waals surface area contributed by atoms with Gasteiger partial charge in [0.15, 0.2) is 23.0 Å². The number of benzene rings is 3. The van der Waals surface area contributed by atoms with Crippen LogP contribution in [-0.2, 0) is 9.53 Å². The Balaban J connectivity index is 1.43. The minimum Gasteiger partial charge on any atom is -0.493 e. The van der Waals surface area contributed by atoms with Crippen molar-refractivity contribution in [2.45, 2.75) is 32.7 Å². The van der Waals surface area contributed by atoms with E-state index in [0.717, 1.165) is 22.4 Å². The molecule has 9 heteroatoms. The lowest BCUT2D eigenvalue weighted by atomic mass is 9.65. The van der Waals surface area contributed by atoms with Crippen LogP contribution in [0, 0.1) is 32.6 Å². The van der Waals surface area contributed by atoms with Crippen LogP contribution in [0.4, 0.5) is 0 Å². The van der Waals surface area contributed by atoms with E-state index >= 15 is 0 Å². The number of fused-ring (bicyclic) bond motifs is 3. The van der Waals surface area contributed by atoms with Gasteiger partial charge in [0.25, 0.3) is 0 Å². The molecule has 0 amide bonds. The summed E-state index contributed by atoms with van der Waals surface area (Å²) in [6.07, 6.45) is 6.27. The highest BCUT2D eigenvalue weighted by Crippen LogP contribution is 2.55. The summed E-state index contributed by atoms with van der Waals surface area (Å²) in [5.74, 6) is 1.77. The zero-order chi connectivity index (χ0) is 30.0. The monoisotopic (exact) mass is 583 g/mol. The summed E-state index contributed by atoms with van der Waals surface area (Å²) in [5.41, 5.74) is 7.69. The summed E-state index contributed by atoms with van der Waals surface area (Å²) in [6, 6.07) is 12.2. The fourth-order valence-corrected chi connectivity index (χ4v) is 7.44. The number of hydrogen-bond acceptors (Lipinski definition) is 7. The number of esters is 1. The van der Waals surface area contributed by atoms with Crippen molar-refractivity contribution in [3.05, 3.63) is 88.5 Å². The number of nitrogens with zero attached hydrogens (tertiary/aromatic N) is 2. The standard InChI is InChI=1S/C34H35N2O7/c1-18-9-19(2)31(20(3)10-18)35-7-8-36(16-35)32-23-14-26-25(42-17-43-26)13-22(23)29(30-24(32)15-41-34(30)37)21-11-27(38-4)33(40-6)28(12-21)39-5/h7-14,16,24,29-30,32H,15,17H2,1-6H3/q+1/t24-,29+,30-,32+/m0/s1. The predicted octanol–water partition coefficient (Wildman–Crippen LogP) is 4.97. The van der Waals surface area contributed by atoms with Gasteiger partial charge in [-0.1, -0.05) is 17.7 Å². The van der Waals surface area contributed by atoms with Crippen LogP contribution in [0.3, 0.4) is 0 Å². The van der Waals surface area contributed by atoms with Crippen LogP contribution in [0.1, 0.15) is 45.3 Å². The van der Waals surface area contributed by atoms with Gasteiger partial charge in [-0.3, -0.25) is 4.79 Å². The van der Waals surface area contributed by atoms with E-state index in [0.29, 0.717) is 35.4 Å². The summed E-state index contributed by atoms with van der Waals surface area (Å²) in [6.45, 7) is 6.85. The molecule has 7 rings (SSSR count). The molecule has 4 atom stereocenters. The highest BCUT2D eigenvalue weighted by Gasteiger charge is 2.55. The zero-order valence-corrected chi connectivity index (χ0v) is 25.2. The molecule has 222 valence electrons. The first-order chi connectivity index (χ1) is 20.8. The van der Waals surface area contributed by atoms with Crippen LogP contribution in [0.25, 0.3) is 5.69 Å². The molecule has 0 bridgehead atoms. The Bertz CT molecular complexity index is 1710. The molecule has 43 heavy (non-hydrogen) atoms. The molecule has 1 aromatic heterocycles. The molecule has 0 radical (unpaired) electrons. The van der Waals surface area contributed by atoms with Crippen LogP contribution < -0.4 is 28.3 Å². The first-order valence-electron chi connectivity index (χ1n) is 14.4. The Labute approximate surface area is 250 Å². The molecule has 0 spiro atoms. The molecule has 2 aliphatic heterocycles. The molecule has 0 saturated carbocycles. The van der Waals surface area contributed by atoms with Gasteiger partial charge in [0.1, 0.15) is 24.1 Å². The number of aromatic nitrogens is 2. The molecule has 3 aliphatic rings. The highest BCUT2D eigenvalue weighted by molar-refractivity contribution is 5.79. The normalized spacial score (nSPS) is 21.7. The van der Waals surface area contributed by atoms with Crippen LogP contribution in [-0.4, -0.2) is 45.3 Å². The second kappa shape index (κ2) is 10.3. The van der Waals surface area contributed by atoms with Gasteiger partial charge in [0.05, 0.1) is 39.8 Å². The summed E-state index contributed by atoms with van der Waals surface area (Å²) in [7, 11) is 4.76. The largest absolute Gasteiger partial charge is 0.493 e. The number of cyclic esters (lactones) is 1. The number of methoxy groups -OCH3 is 3. The minimum absolute atomic E-state index is 0.134. The van der Waals surface area contributed by atoms with E-state index in [1.807, 2.05) is 18.2 Å². The molecule has 1 fully saturated rings. The summed E-state index contributed by atoms with van der Waals surface area (Å²) < 4.78 is 38.9. The molecule has 3 heterocycles. The third-order valence-electron chi connectivity index (χ3n) is 9.07. The van der Waals surface area contributed by atoms with Gasteiger partial charge >= 0.3 is 5.97 Å². The molecular weight excluding hydrogens is 548 g/mol. The van der Waals surface area contributed by atoms with Gasteiger partial charge in [0, 0.05) is 11.5 Å². The third kappa shape index (κ3) is 4.20. The summed E-state index contributed by atoms with van der Waals surface area (Å²) in [5, 5.41) is 0. The lowest BCUT2D eigenvalue weighted by molar-refractivity contribution is -0.721. The van der Waals surface area contributed by atoms with Crippen LogP contribution in [0.2, 0.25) is 0 Å². The first-order valence-corrected chi connectivity index (χ1v) is 14.4. The summed E-state index contributed by atoms with van der Waals surface area (Å²) in [4.78, 5) is 13.6. The molecule has 9 nitrogen and oxygen atoms in total. The van der Waals surface area contributed by atoms with Gasteiger partial charge in [0.2, 0.25) is 18.9 Å². The quantitative estimate of drug-likeness (QED) is 0.234. The fraction of sp³-hybridized carbons (Fsp3) is 0.353. The van der Waals surface area contributed by atoms with Crippen molar-refractivity contribution >= 4 is 5.97 Å². The van der Waals surface area contributed by atoms with E-state index in [-0.39, 0.29) is 30.6 Å². The molecule has 1 aliphatic carbocycles. The number of ether oxygens (including phenoxy) is 6. The number of hydrogen-bond donors (Lipinski definition) is 0. The molecular formula is C34H35N2O7+. The Morgan fingerprint density at radius 1 is 0.837 bits per heavy atom. The number of imidazole rings is 1. The fourth-order valence-electron chi connectivity index (χ4n) is 7.44. The average molecular weight is 584 g/mol. The lowest BCUT2D eigenvalue weighted by Gasteiger charge is -2.37. The number of carbonyl (C=O) groups excluding carboxylic acids is 1. The number of carbonyl (C=O) groups is 1. The minimum atomic E-state index is -0.445. The van der Waals surface area contributed by atoms with Crippen LogP contribution in [0.5, 0.6) is 28.7 Å². The van der Waals surface area contributed by atoms with E-state index in [1.54, 1.807) is 21.3 Å². The van der Waals surface area contributed by atoms with E-state index in [4.69, 9.17) is 28.4 Å². The molecule has 3 aromatic carbocycles. The molecule has 0 N–H and O–H groups in total. The Morgan fingerprint density at radius 3 is 2.12 bits per heavy atom. The second-order valence-corrected chi connectivity index (χ2v) is 11.6. The summed E-state index contributed by atoms with van der Waals surface area (Å²) >= 11 is 0. The number of rotatable bonds is 6. The Kier molecular flexibility index (Phi) is 6.49. The van der Waals surface area contributed by atoms with Crippen LogP contribution >= 0.6 is 0 Å². The third-order valence-corrected chi connectivity index (χ3v) is 9.07. The smallest absolute Gasteiger partial charge is 0.310 e. The number of aryl methyl sites for hydroxylation is 3. The highest BCUT2D eigenvalue weighted by atomic mass is 16.7. The van der Waals surface area contributed by atoms with Crippen molar-refractivity contribution in [1.29, 1.82) is 0 Å². The van der Waals surface area contributed by atoms with Crippen molar-refractivity contribution in [3.63, 3.8) is 0 Å². The van der Waals surface area contributed by atoms with Crippen molar-refractivity contribution < 1.29 is 37.8 Å². The van der Waals surface area contributed by atoms with Crippen molar-refractivity contribution in [2.24, 2.45) is 11.8 Å². The Hall–Kier alpha value is -4.66. The Morgan fingerprint density at radius 2 is 1.49 bits per heavy atom. The first kappa shape index (κ1) is 27.2. The lowest BCUT2D eigenvalue weighted by Crippen LogP contribution is -2.49. The van der Waals surface area contributed by atoms with Gasteiger partial charge < -0.3 is 28.4 Å². The van der Waals surface area contributed by atoms with Gasteiger partial charge in [-0.15, -0.1) is 0 Å². The second-order valence-electron chi connectivity index (χ2n) is 11.6. The molecule has 4 aromatic rings. The van der Waals surface area contributed by atoms with E-state index in [2.05, 4.69) is 66.8 Å².